The largest absolute Gasteiger partial charge is 0.473 e. The van der Waals surface area contributed by atoms with E-state index in [4.69, 9.17) is 9.84 Å². The van der Waals surface area contributed by atoms with Gasteiger partial charge in [-0.3, -0.25) is 4.79 Å². The molecule has 2 atom stereocenters. The molecule has 1 unspecified atom stereocenters. The summed E-state index contributed by atoms with van der Waals surface area (Å²) < 4.78 is 5.97. The third kappa shape index (κ3) is 4.59. The minimum absolute atomic E-state index is 0.163. The number of ether oxygens (including phenoxy) is 1. The van der Waals surface area contributed by atoms with Crippen LogP contribution >= 0.6 is 0 Å². The van der Waals surface area contributed by atoms with Crippen molar-refractivity contribution < 1.29 is 14.6 Å². The van der Waals surface area contributed by atoms with Crippen LogP contribution in [0.4, 0.5) is 5.69 Å². The Morgan fingerprint density at radius 3 is 2.50 bits per heavy atom. The normalized spacial score (nSPS) is 21.2. The molecule has 0 bridgehead atoms. The zero-order chi connectivity index (χ0) is 21.7. The summed E-state index contributed by atoms with van der Waals surface area (Å²) in [7, 11) is 1.00. The van der Waals surface area contributed by atoms with Crippen LogP contribution in [0.15, 0.2) is 36.4 Å². The van der Waals surface area contributed by atoms with E-state index in [9.17, 15) is 4.79 Å². The summed E-state index contributed by atoms with van der Waals surface area (Å²) in [5, 5.41) is 9.97. The highest BCUT2D eigenvalue weighted by atomic mass is 16.5. The van der Waals surface area contributed by atoms with Gasteiger partial charge >= 0.3 is 0 Å². The van der Waals surface area contributed by atoms with Gasteiger partial charge in [-0.2, -0.15) is 0 Å². The maximum absolute atomic E-state index is 12.2. The van der Waals surface area contributed by atoms with Crippen LogP contribution in [0.3, 0.4) is 0 Å². The number of hydrogen-bond donors (Lipinski definition) is 2. The highest BCUT2D eigenvalue weighted by Crippen LogP contribution is 2.41. The van der Waals surface area contributed by atoms with Gasteiger partial charge in [0, 0.05) is 44.2 Å². The number of aromatic nitrogens is 1. The van der Waals surface area contributed by atoms with Crippen molar-refractivity contribution in [3.8, 4) is 5.88 Å². The number of pyridine rings is 1. The van der Waals surface area contributed by atoms with Gasteiger partial charge in [-0.05, 0) is 42.9 Å². The van der Waals surface area contributed by atoms with Gasteiger partial charge in [-0.15, -0.1) is 0 Å². The average molecular weight is 412 g/mol. The molecule has 0 spiro atoms. The molecule has 2 aromatic rings. The molecule has 0 radical (unpaired) electrons. The molecule has 162 valence electrons. The van der Waals surface area contributed by atoms with Gasteiger partial charge in [0.2, 0.25) is 11.8 Å². The Kier molecular flexibility index (Phi) is 6.98. The Balaban J connectivity index is 0.00000124. The molecule has 2 saturated heterocycles. The number of aliphatic hydroxyl groups is 1. The van der Waals surface area contributed by atoms with E-state index >= 15 is 0 Å². The molecule has 2 N–H and O–H groups in total. The number of nitrogens with zero attached hydrogens (tertiary/aromatic N) is 2. The van der Waals surface area contributed by atoms with Crippen LogP contribution in [0.2, 0.25) is 0 Å². The molecule has 6 nitrogen and oxygen atoms in total. The first-order valence-electron chi connectivity index (χ1n) is 10.6. The first-order valence-corrected chi connectivity index (χ1v) is 10.6. The number of amides is 1. The highest BCUT2D eigenvalue weighted by Gasteiger charge is 2.42. The van der Waals surface area contributed by atoms with Crippen LogP contribution in [0.1, 0.15) is 49.4 Å². The lowest BCUT2D eigenvalue weighted by atomic mass is 9.73. The third-order valence-corrected chi connectivity index (χ3v) is 6.41. The minimum Gasteiger partial charge on any atom is -0.473 e. The summed E-state index contributed by atoms with van der Waals surface area (Å²) >= 11 is 0. The fraction of sp³-hybridized carbons (Fsp3) is 0.500. The third-order valence-electron chi connectivity index (χ3n) is 6.41. The van der Waals surface area contributed by atoms with E-state index in [1.807, 2.05) is 13.0 Å². The molecule has 3 heterocycles. The molecule has 1 aromatic heterocycles. The van der Waals surface area contributed by atoms with Crippen molar-refractivity contribution in [1.82, 2.24) is 10.3 Å². The molecule has 2 fully saturated rings. The number of hydrogen-bond acceptors (Lipinski definition) is 5. The molecule has 0 aliphatic carbocycles. The predicted octanol–water partition coefficient (Wildman–Crippen LogP) is 3.42. The molecule has 2 aliphatic heterocycles. The average Bonchev–Trinajstić information content (AvgIpc) is 3.06. The lowest BCUT2D eigenvalue weighted by molar-refractivity contribution is -0.127. The Hall–Kier alpha value is -2.60. The second-order valence-corrected chi connectivity index (χ2v) is 8.32. The topological polar surface area (TPSA) is 74.7 Å². The van der Waals surface area contributed by atoms with Crippen LogP contribution in [0.25, 0.3) is 0 Å². The Morgan fingerprint density at radius 1 is 1.23 bits per heavy atom. The molecule has 1 aromatic carbocycles. The van der Waals surface area contributed by atoms with E-state index in [0.29, 0.717) is 12.5 Å². The maximum Gasteiger partial charge on any atom is 0.226 e. The molecule has 1 amide bonds. The monoisotopic (exact) mass is 411 g/mol. The van der Waals surface area contributed by atoms with E-state index in [0.717, 1.165) is 44.4 Å². The Morgan fingerprint density at radius 2 is 1.93 bits per heavy atom. The van der Waals surface area contributed by atoms with Gasteiger partial charge in [0.05, 0.1) is 5.41 Å². The van der Waals surface area contributed by atoms with Crippen molar-refractivity contribution in [2.45, 2.75) is 46.1 Å². The summed E-state index contributed by atoms with van der Waals surface area (Å²) in [6.07, 6.45) is 2.14. The first-order chi connectivity index (χ1) is 14.5. The van der Waals surface area contributed by atoms with E-state index in [2.05, 4.69) is 59.4 Å². The summed E-state index contributed by atoms with van der Waals surface area (Å²) in [6, 6.07) is 12.6. The van der Waals surface area contributed by atoms with E-state index in [1.165, 1.54) is 17.7 Å². The molecule has 6 heteroatoms. The maximum atomic E-state index is 12.2. The smallest absolute Gasteiger partial charge is 0.226 e. The second-order valence-electron chi connectivity index (χ2n) is 8.32. The van der Waals surface area contributed by atoms with Crippen molar-refractivity contribution in [2.24, 2.45) is 5.41 Å². The number of anilines is 1. The summed E-state index contributed by atoms with van der Waals surface area (Å²) in [4.78, 5) is 19.1. The van der Waals surface area contributed by atoms with Crippen LogP contribution in [0, 0.1) is 12.3 Å². The van der Waals surface area contributed by atoms with Gasteiger partial charge in [0.1, 0.15) is 6.61 Å². The van der Waals surface area contributed by atoms with Crippen LogP contribution in [-0.4, -0.2) is 42.7 Å². The SMILES string of the molecule is CO.Cc1cc(N2CCC2)cc(OCc2ccc(C(C)[C@]3(C)CCNC3=O)cc2)n1. The van der Waals surface area contributed by atoms with E-state index < -0.39 is 0 Å². The van der Waals surface area contributed by atoms with Gasteiger partial charge < -0.3 is 20.1 Å². The molecule has 30 heavy (non-hydrogen) atoms. The van der Waals surface area contributed by atoms with Crippen molar-refractivity contribution >= 4 is 11.6 Å². The number of aryl methyl sites for hydroxylation is 1. The quantitative estimate of drug-likeness (QED) is 0.762. The molecule has 4 rings (SSSR count). The number of aliphatic hydroxyl groups excluding tert-OH is 1. The first kappa shape index (κ1) is 22.1. The zero-order valence-electron chi connectivity index (χ0n) is 18.4. The summed E-state index contributed by atoms with van der Waals surface area (Å²) in [5.74, 6) is 1.02. The van der Waals surface area contributed by atoms with Gasteiger partial charge in [-0.1, -0.05) is 38.1 Å². The van der Waals surface area contributed by atoms with Crippen LogP contribution in [0.5, 0.6) is 5.88 Å². The summed E-state index contributed by atoms with van der Waals surface area (Å²) in [6.45, 7) is 9.70. The lowest BCUT2D eigenvalue weighted by Crippen LogP contribution is -2.37. The Labute approximate surface area is 179 Å². The zero-order valence-corrected chi connectivity index (χ0v) is 18.4. The Bertz CT molecular complexity index is 864. The van der Waals surface area contributed by atoms with Crippen molar-refractivity contribution in [1.29, 1.82) is 0 Å². The van der Waals surface area contributed by atoms with Crippen LogP contribution in [-0.2, 0) is 11.4 Å². The van der Waals surface area contributed by atoms with Gasteiger partial charge in [0.15, 0.2) is 0 Å². The molecule has 2 aliphatic rings. The number of carbonyl (C=O) groups excluding carboxylic acids is 1. The standard InChI is InChI=1S/C23H29N3O2.CH4O/c1-16-13-20(26-11-4-12-26)14-21(25-16)28-15-18-5-7-19(8-6-18)17(2)23(3)9-10-24-22(23)27;1-2/h5-8,13-14,17H,4,9-12,15H2,1-3H3,(H,24,27);2H,1H3/t17?,23-;/m0./s1. The van der Waals surface area contributed by atoms with Gasteiger partial charge in [-0.25, -0.2) is 4.98 Å². The molecule has 0 saturated carbocycles. The fourth-order valence-corrected chi connectivity index (χ4v) is 4.04. The van der Waals surface area contributed by atoms with E-state index in [-0.39, 0.29) is 17.2 Å². The number of carbonyl (C=O) groups is 1. The second kappa shape index (κ2) is 9.47. The van der Waals surface area contributed by atoms with Crippen molar-refractivity contribution in [3.05, 3.63) is 53.2 Å². The minimum atomic E-state index is -0.323. The van der Waals surface area contributed by atoms with Gasteiger partial charge in [0.25, 0.3) is 0 Å². The molecular formula is C24H33N3O3. The summed E-state index contributed by atoms with van der Waals surface area (Å²) in [5.41, 5.74) is 4.15. The number of benzene rings is 1. The van der Waals surface area contributed by atoms with E-state index in [1.54, 1.807) is 0 Å². The number of rotatable bonds is 6. The van der Waals surface area contributed by atoms with Crippen molar-refractivity contribution in [3.63, 3.8) is 0 Å². The lowest BCUT2D eigenvalue weighted by Gasteiger charge is -2.33. The van der Waals surface area contributed by atoms with Crippen LogP contribution < -0.4 is 15.0 Å². The predicted molar refractivity (Wildman–Crippen MR) is 119 cm³/mol. The molecular weight excluding hydrogens is 378 g/mol. The fourth-order valence-electron chi connectivity index (χ4n) is 4.04. The number of nitrogens with one attached hydrogen (secondary N) is 1. The highest BCUT2D eigenvalue weighted by molar-refractivity contribution is 5.85. The van der Waals surface area contributed by atoms with Crippen molar-refractivity contribution in [2.75, 3.05) is 31.6 Å².